The largest absolute Gasteiger partial charge is 0.308 e. The van der Waals surface area contributed by atoms with Gasteiger partial charge in [0, 0.05) is 22.6 Å². The van der Waals surface area contributed by atoms with Crippen LogP contribution in [0.4, 0.5) is 0 Å². The van der Waals surface area contributed by atoms with Gasteiger partial charge < -0.3 is 10.2 Å². The van der Waals surface area contributed by atoms with Gasteiger partial charge in [-0.1, -0.05) is 28.1 Å². The Morgan fingerprint density at radius 2 is 2.16 bits per heavy atom. The molecule has 1 saturated carbocycles. The SMILES string of the molecule is CN(C)C1(CNC2CCc3c(Br)cccc32)CCC1. The van der Waals surface area contributed by atoms with Gasteiger partial charge in [-0.15, -0.1) is 0 Å². The second-order valence-electron chi connectivity index (χ2n) is 6.25. The van der Waals surface area contributed by atoms with E-state index in [0.717, 1.165) is 6.54 Å². The van der Waals surface area contributed by atoms with Crippen molar-refractivity contribution >= 4 is 15.9 Å². The van der Waals surface area contributed by atoms with Gasteiger partial charge in [-0.3, -0.25) is 0 Å². The molecule has 0 spiro atoms. The third kappa shape index (κ3) is 2.37. The van der Waals surface area contributed by atoms with Gasteiger partial charge in [-0.2, -0.15) is 0 Å². The topological polar surface area (TPSA) is 15.3 Å². The van der Waals surface area contributed by atoms with Crippen LogP contribution in [0.1, 0.15) is 42.9 Å². The van der Waals surface area contributed by atoms with Crippen LogP contribution < -0.4 is 5.32 Å². The molecule has 1 unspecified atom stereocenters. The molecule has 0 radical (unpaired) electrons. The summed E-state index contributed by atoms with van der Waals surface area (Å²) in [5, 5.41) is 3.83. The molecule has 0 saturated heterocycles. The first-order chi connectivity index (χ1) is 9.12. The van der Waals surface area contributed by atoms with Crippen molar-refractivity contribution in [2.75, 3.05) is 20.6 Å². The molecule has 3 rings (SSSR count). The van der Waals surface area contributed by atoms with E-state index in [0.29, 0.717) is 11.6 Å². The highest BCUT2D eigenvalue weighted by Gasteiger charge is 2.39. The van der Waals surface area contributed by atoms with Crippen molar-refractivity contribution in [3.63, 3.8) is 0 Å². The molecule has 19 heavy (non-hydrogen) atoms. The van der Waals surface area contributed by atoms with Crippen LogP contribution in [0.25, 0.3) is 0 Å². The normalized spacial score (nSPS) is 24.3. The Kier molecular flexibility index (Phi) is 3.71. The van der Waals surface area contributed by atoms with Crippen molar-refractivity contribution in [1.82, 2.24) is 10.2 Å². The maximum absolute atomic E-state index is 3.83. The quantitative estimate of drug-likeness (QED) is 0.912. The average molecular weight is 323 g/mol. The molecule has 0 bridgehead atoms. The van der Waals surface area contributed by atoms with E-state index in [-0.39, 0.29) is 0 Å². The minimum absolute atomic E-state index is 0.411. The van der Waals surface area contributed by atoms with Crippen LogP contribution in [0.2, 0.25) is 0 Å². The summed E-state index contributed by atoms with van der Waals surface area (Å²) in [6.07, 6.45) is 6.49. The lowest BCUT2D eigenvalue weighted by molar-refractivity contribution is 0.0571. The number of hydrogen-bond donors (Lipinski definition) is 1. The lowest BCUT2D eigenvalue weighted by atomic mass is 9.75. The number of halogens is 1. The average Bonchev–Trinajstić information content (AvgIpc) is 2.72. The molecule has 1 aromatic carbocycles. The van der Waals surface area contributed by atoms with Crippen molar-refractivity contribution in [2.24, 2.45) is 0 Å². The molecule has 3 heteroatoms. The van der Waals surface area contributed by atoms with Crippen molar-refractivity contribution in [3.8, 4) is 0 Å². The van der Waals surface area contributed by atoms with E-state index in [2.05, 4.69) is 58.4 Å². The second kappa shape index (κ2) is 5.19. The number of rotatable bonds is 4. The molecule has 2 aliphatic rings. The Morgan fingerprint density at radius 3 is 2.79 bits per heavy atom. The van der Waals surface area contributed by atoms with Crippen LogP contribution in [-0.2, 0) is 6.42 Å². The summed E-state index contributed by atoms with van der Waals surface area (Å²) in [5.41, 5.74) is 3.42. The molecule has 0 amide bonds. The first-order valence-electron chi connectivity index (χ1n) is 7.30. The molecule has 2 nitrogen and oxygen atoms in total. The number of fused-ring (bicyclic) bond motifs is 1. The number of nitrogens with one attached hydrogen (secondary N) is 1. The fourth-order valence-corrected chi connectivity index (χ4v) is 4.08. The lowest BCUT2D eigenvalue weighted by Gasteiger charge is -2.48. The predicted octanol–water partition coefficient (Wildman–Crippen LogP) is 3.51. The Hall–Kier alpha value is -0.380. The Labute approximate surface area is 124 Å². The smallest absolute Gasteiger partial charge is 0.0328 e. The molecule has 104 valence electrons. The van der Waals surface area contributed by atoms with Gasteiger partial charge in [-0.05, 0) is 63.4 Å². The summed E-state index contributed by atoms with van der Waals surface area (Å²) in [6.45, 7) is 1.12. The zero-order chi connectivity index (χ0) is 13.5. The molecule has 1 N–H and O–H groups in total. The summed E-state index contributed by atoms with van der Waals surface area (Å²) < 4.78 is 1.28. The van der Waals surface area contributed by atoms with Crippen molar-refractivity contribution in [1.29, 1.82) is 0 Å². The van der Waals surface area contributed by atoms with E-state index in [1.54, 1.807) is 0 Å². The zero-order valence-electron chi connectivity index (χ0n) is 11.9. The highest BCUT2D eigenvalue weighted by Crippen LogP contribution is 2.39. The predicted molar refractivity (Wildman–Crippen MR) is 83.5 cm³/mol. The molecular weight excluding hydrogens is 300 g/mol. The van der Waals surface area contributed by atoms with Crippen LogP contribution in [-0.4, -0.2) is 31.1 Å². The van der Waals surface area contributed by atoms with Crippen LogP contribution in [0.3, 0.4) is 0 Å². The number of benzene rings is 1. The maximum atomic E-state index is 3.83. The van der Waals surface area contributed by atoms with E-state index >= 15 is 0 Å². The third-order valence-corrected chi connectivity index (χ3v) is 5.87. The molecule has 2 aliphatic carbocycles. The molecule has 0 heterocycles. The summed E-state index contributed by atoms with van der Waals surface area (Å²) in [5.74, 6) is 0. The van der Waals surface area contributed by atoms with Gasteiger partial charge in [-0.25, -0.2) is 0 Å². The summed E-state index contributed by atoms with van der Waals surface area (Å²) >= 11 is 3.68. The molecule has 0 aromatic heterocycles. The van der Waals surface area contributed by atoms with Gasteiger partial charge in [0.05, 0.1) is 0 Å². The van der Waals surface area contributed by atoms with E-state index in [1.165, 1.54) is 47.7 Å². The highest BCUT2D eigenvalue weighted by molar-refractivity contribution is 9.10. The van der Waals surface area contributed by atoms with Crippen molar-refractivity contribution < 1.29 is 0 Å². The van der Waals surface area contributed by atoms with Crippen LogP contribution in [0.15, 0.2) is 22.7 Å². The fourth-order valence-electron chi connectivity index (χ4n) is 3.50. The van der Waals surface area contributed by atoms with E-state index in [9.17, 15) is 0 Å². The van der Waals surface area contributed by atoms with Crippen LogP contribution >= 0.6 is 15.9 Å². The molecule has 1 aromatic rings. The summed E-state index contributed by atoms with van der Waals surface area (Å²) in [4.78, 5) is 2.42. The Bertz CT molecular complexity index is 466. The van der Waals surface area contributed by atoms with Gasteiger partial charge in [0.2, 0.25) is 0 Å². The van der Waals surface area contributed by atoms with Gasteiger partial charge >= 0.3 is 0 Å². The lowest BCUT2D eigenvalue weighted by Crippen LogP contribution is -2.56. The van der Waals surface area contributed by atoms with Crippen LogP contribution in [0, 0.1) is 0 Å². The molecule has 1 fully saturated rings. The Morgan fingerprint density at radius 1 is 1.37 bits per heavy atom. The van der Waals surface area contributed by atoms with Crippen molar-refractivity contribution in [3.05, 3.63) is 33.8 Å². The summed E-state index contributed by atoms with van der Waals surface area (Å²) in [7, 11) is 4.44. The van der Waals surface area contributed by atoms with Gasteiger partial charge in [0.1, 0.15) is 0 Å². The van der Waals surface area contributed by atoms with E-state index in [4.69, 9.17) is 0 Å². The molecule has 1 atom stereocenters. The van der Waals surface area contributed by atoms with E-state index < -0.39 is 0 Å². The standard InChI is InChI=1S/C16H23BrN2/c1-19(2)16(9-4-10-16)11-18-15-8-7-12-13(15)5-3-6-14(12)17/h3,5-6,15,18H,4,7-11H2,1-2H3. The van der Waals surface area contributed by atoms with Gasteiger partial charge in [0.15, 0.2) is 0 Å². The summed E-state index contributed by atoms with van der Waals surface area (Å²) in [6, 6.07) is 7.15. The fraction of sp³-hybridized carbons (Fsp3) is 0.625. The van der Waals surface area contributed by atoms with Gasteiger partial charge in [0.25, 0.3) is 0 Å². The molecular formula is C16H23BrN2. The minimum Gasteiger partial charge on any atom is -0.308 e. The minimum atomic E-state index is 0.411. The number of hydrogen-bond acceptors (Lipinski definition) is 2. The zero-order valence-corrected chi connectivity index (χ0v) is 13.5. The monoisotopic (exact) mass is 322 g/mol. The molecule has 0 aliphatic heterocycles. The third-order valence-electron chi connectivity index (χ3n) is 5.12. The number of likely N-dealkylation sites (N-methyl/N-ethyl adjacent to an activating group) is 1. The number of nitrogens with zero attached hydrogens (tertiary/aromatic N) is 1. The Balaban J connectivity index is 1.69. The van der Waals surface area contributed by atoms with Crippen molar-refractivity contribution in [2.45, 2.75) is 43.7 Å². The second-order valence-corrected chi connectivity index (χ2v) is 7.11. The highest BCUT2D eigenvalue weighted by atomic mass is 79.9. The van der Waals surface area contributed by atoms with E-state index in [1.807, 2.05) is 0 Å². The first-order valence-corrected chi connectivity index (χ1v) is 8.10. The maximum Gasteiger partial charge on any atom is 0.0328 e. The first kappa shape index (κ1) is 13.6. The van der Waals surface area contributed by atoms with Crippen LogP contribution in [0.5, 0.6) is 0 Å².